The van der Waals surface area contributed by atoms with Crippen LogP contribution in [0.3, 0.4) is 0 Å². The van der Waals surface area contributed by atoms with Crippen LogP contribution in [0.25, 0.3) is 0 Å². The number of carbonyl (C=O) groups excluding carboxylic acids is 2. The van der Waals surface area contributed by atoms with E-state index in [1.165, 1.54) is 0 Å². The molecule has 0 heterocycles. The molecule has 0 fully saturated rings. The van der Waals surface area contributed by atoms with Gasteiger partial charge in [0.05, 0.1) is 12.2 Å². The second kappa shape index (κ2) is 7.53. The molecule has 1 aromatic rings. The third kappa shape index (κ3) is 4.71. The Bertz CT molecular complexity index is 446. The van der Waals surface area contributed by atoms with Gasteiger partial charge in [0.25, 0.3) is 0 Å². The van der Waals surface area contributed by atoms with Crippen LogP contribution in [-0.2, 0) is 9.53 Å². The molecule has 1 rings (SSSR count). The van der Waals surface area contributed by atoms with Crippen molar-refractivity contribution in [3.05, 3.63) is 29.8 Å². The largest absolute Gasteiger partial charge is 0.462 e. The van der Waals surface area contributed by atoms with E-state index in [4.69, 9.17) is 4.74 Å². The lowest BCUT2D eigenvalue weighted by Crippen LogP contribution is -2.28. The van der Waals surface area contributed by atoms with Crippen LogP contribution >= 0.6 is 0 Å². The molecule has 0 aliphatic carbocycles. The van der Waals surface area contributed by atoms with E-state index in [2.05, 4.69) is 10.6 Å². The molecule has 2 N–H and O–H groups in total. The van der Waals surface area contributed by atoms with Crippen molar-refractivity contribution in [3.63, 3.8) is 0 Å². The number of ether oxygens (including phenoxy) is 1. The van der Waals surface area contributed by atoms with Crippen LogP contribution < -0.4 is 10.6 Å². The minimum absolute atomic E-state index is 0.0876. The highest BCUT2D eigenvalue weighted by Crippen LogP contribution is 2.13. The van der Waals surface area contributed by atoms with Gasteiger partial charge in [-0.2, -0.15) is 0 Å². The highest BCUT2D eigenvalue weighted by molar-refractivity contribution is 5.95. The van der Waals surface area contributed by atoms with Gasteiger partial charge in [-0.25, -0.2) is 4.79 Å². The number of esters is 1. The summed E-state index contributed by atoms with van der Waals surface area (Å²) in [5.74, 6) is -0.617. The molecular formula is C14H20N2O3. The maximum absolute atomic E-state index is 11.8. The molecule has 5 nitrogen and oxygen atoms in total. The molecule has 1 amide bonds. The summed E-state index contributed by atoms with van der Waals surface area (Å²) >= 11 is 0. The van der Waals surface area contributed by atoms with E-state index in [0.717, 1.165) is 0 Å². The summed E-state index contributed by atoms with van der Waals surface area (Å²) in [6, 6.07) is 6.73. The van der Waals surface area contributed by atoms with Gasteiger partial charge in [0, 0.05) is 18.2 Å². The second-order valence-electron chi connectivity index (χ2n) is 4.25. The Kier molecular flexibility index (Phi) is 6.02. The topological polar surface area (TPSA) is 67.4 Å². The van der Waals surface area contributed by atoms with Crippen molar-refractivity contribution >= 4 is 17.6 Å². The van der Waals surface area contributed by atoms with Crippen LogP contribution in [0.5, 0.6) is 0 Å². The fourth-order valence-corrected chi connectivity index (χ4v) is 1.60. The Morgan fingerprint density at radius 3 is 2.74 bits per heavy atom. The number of amides is 1. The van der Waals surface area contributed by atoms with Crippen molar-refractivity contribution in [2.45, 2.75) is 13.8 Å². The number of carbonyl (C=O) groups is 2. The quantitative estimate of drug-likeness (QED) is 0.767. The summed E-state index contributed by atoms with van der Waals surface area (Å²) in [6.45, 7) is 4.52. The minimum Gasteiger partial charge on any atom is -0.462 e. The predicted molar refractivity (Wildman–Crippen MR) is 74.1 cm³/mol. The molecular weight excluding hydrogens is 244 g/mol. The van der Waals surface area contributed by atoms with Gasteiger partial charge >= 0.3 is 5.97 Å². The first-order valence-electron chi connectivity index (χ1n) is 6.31. The van der Waals surface area contributed by atoms with Crippen molar-refractivity contribution in [1.82, 2.24) is 5.32 Å². The van der Waals surface area contributed by atoms with Crippen molar-refractivity contribution in [3.8, 4) is 0 Å². The molecule has 0 bridgehead atoms. The Balaban J connectivity index is 2.72. The molecule has 0 radical (unpaired) electrons. The lowest BCUT2D eigenvalue weighted by atomic mass is 10.1. The third-order valence-corrected chi connectivity index (χ3v) is 2.60. The summed E-state index contributed by atoms with van der Waals surface area (Å²) in [5.41, 5.74) is 1.03. The zero-order valence-electron chi connectivity index (χ0n) is 11.5. The molecule has 5 heteroatoms. The summed E-state index contributed by atoms with van der Waals surface area (Å²) in [7, 11) is 1.80. The standard InChI is InChI=1S/C14H20N2O3/c1-4-19-14(18)11-6-5-7-12(8-11)16-13(17)10(2)9-15-3/h5-8,10,15H,4,9H2,1-3H3,(H,16,17). The zero-order valence-corrected chi connectivity index (χ0v) is 11.5. The number of benzene rings is 1. The summed E-state index contributed by atoms with van der Waals surface area (Å²) in [5, 5.41) is 5.72. The summed E-state index contributed by atoms with van der Waals surface area (Å²) in [6.07, 6.45) is 0. The highest BCUT2D eigenvalue weighted by Gasteiger charge is 2.13. The van der Waals surface area contributed by atoms with Crippen LogP contribution in [0.15, 0.2) is 24.3 Å². The molecule has 0 aliphatic heterocycles. The molecule has 0 aliphatic rings. The van der Waals surface area contributed by atoms with E-state index >= 15 is 0 Å². The summed E-state index contributed by atoms with van der Waals surface area (Å²) in [4.78, 5) is 23.4. The van der Waals surface area contributed by atoms with E-state index in [-0.39, 0.29) is 17.8 Å². The minimum atomic E-state index is -0.387. The van der Waals surface area contributed by atoms with Crippen LogP contribution in [-0.4, -0.2) is 32.1 Å². The molecule has 104 valence electrons. The van der Waals surface area contributed by atoms with Gasteiger partial charge in [-0.05, 0) is 32.2 Å². The van der Waals surface area contributed by atoms with Gasteiger partial charge in [0.15, 0.2) is 0 Å². The lowest BCUT2D eigenvalue weighted by Gasteiger charge is -2.12. The second-order valence-corrected chi connectivity index (χ2v) is 4.25. The molecule has 0 saturated heterocycles. The van der Waals surface area contributed by atoms with E-state index in [1.54, 1.807) is 38.2 Å². The van der Waals surface area contributed by atoms with Crippen molar-refractivity contribution in [2.75, 3.05) is 25.5 Å². The van der Waals surface area contributed by atoms with E-state index in [1.807, 2.05) is 6.92 Å². The number of hydrogen-bond donors (Lipinski definition) is 2. The predicted octanol–water partition coefficient (Wildman–Crippen LogP) is 1.66. The molecule has 0 saturated carbocycles. The number of hydrogen-bond acceptors (Lipinski definition) is 4. The van der Waals surface area contributed by atoms with Gasteiger partial charge in [0.2, 0.25) is 5.91 Å². The van der Waals surface area contributed by atoms with E-state index in [0.29, 0.717) is 24.4 Å². The van der Waals surface area contributed by atoms with Crippen LogP contribution in [0.2, 0.25) is 0 Å². The molecule has 19 heavy (non-hydrogen) atoms. The molecule has 1 atom stereocenters. The Morgan fingerprint density at radius 1 is 1.37 bits per heavy atom. The van der Waals surface area contributed by atoms with Gasteiger partial charge in [-0.1, -0.05) is 13.0 Å². The fourth-order valence-electron chi connectivity index (χ4n) is 1.60. The maximum atomic E-state index is 11.8. The average Bonchev–Trinajstić information content (AvgIpc) is 2.39. The van der Waals surface area contributed by atoms with Crippen LogP contribution in [0, 0.1) is 5.92 Å². The zero-order chi connectivity index (χ0) is 14.3. The fraction of sp³-hybridized carbons (Fsp3) is 0.429. The molecule has 0 spiro atoms. The van der Waals surface area contributed by atoms with Gasteiger partial charge < -0.3 is 15.4 Å². The van der Waals surface area contributed by atoms with Crippen molar-refractivity contribution in [2.24, 2.45) is 5.92 Å². The normalized spacial score (nSPS) is 11.7. The first-order chi connectivity index (χ1) is 9.08. The lowest BCUT2D eigenvalue weighted by molar-refractivity contribution is -0.119. The number of rotatable bonds is 6. The number of nitrogens with one attached hydrogen (secondary N) is 2. The van der Waals surface area contributed by atoms with Crippen LogP contribution in [0.4, 0.5) is 5.69 Å². The van der Waals surface area contributed by atoms with Crippen molar-refractivity contribution < 1.29 is 14.3 Å². The molecule has 1 unspecified atom stereocenters. The van der Waals surface area contributed by atoms with Gasteiger partial charge in [0.1, 0.15) is 0 Å². The smallest absolute Gasteiger partial charge is 0.338 e. The van der Waals surface area contributed by atoms with E-state index < -0.39 is 0 Å². The highest BCUT2D eigenvalue weighted by atomic mass is 16.5. The first-order valence-corrected chi connectivity index (χ1v) is 6.31. The Hall–Kier alpha value is -1.88. The molecule has 1 aromatic carbocycles. The Morgan fingerprint density at radius 2 is 2.11 bits per heavy atom. The van der Waals surface area contributed by atoms with Crippen molar-refractivity contribution in [1.29, 1.82) is 0 Å². The monoisotopic (exact) mass is 264 g/mol. The average molecular weight is 264 g/mol. The molecule has 0 aromatic heterocycles. The van der Waals surface area contributed by atoms with Crippen LogP contribution in [0.1, 0.15) is 24.2 Å². The van der Waals surface area contributed by atoms with E-state index in [9.17, 15) is 9.59 Å². The SMILES string of the molecule is CCOC(=O)c1cccc(NC(=O)C(C)CNC)c1. The maximum Gasteiger partial charge on any atom is 0.338 e. The third-order valence-electron chi connectivity index (χ3n) is 2.60. The van der Waals surface area contributed by atoms with Gasteiger partial charge in [-0.15, -0.1) is 0 Å². The number of anilines is 1. The van der Waals surface area contributed by atoms with Gasteiger partial charge in [-0.3, -0.25) is 4.79 Å². The first kappa shape index (κ1) is 15.2. The summed E-state index contributed by atoms with van der Waals surface area (Å²) < 4.78 is 4.91. The Labute approximate surface area is 113 Å².